The van der Waals surface area contributed by atoms with Gasteiger partial charge in [-0.1, -0.05) is 23.7 Å². The van der Waals surface area contributed by atoms with E-state index in [1.807, 2.05) is 12.1 Å². The van der Waals surface area contributed by atoms with Crippen LogP contribution >= 0.6 is 11.6 Å². The minimum Gasteiger partial charge on any atom is -0.294 e. The Labute approximate surface area is 109 Å². The van der Waals surface area contributed by atoms with Gasteiger partial charge in [-0.25, -0.2) is 4.39 Å². The molecule has 0 spiro atoms. The molecule has 0 N–H and O–H groups in total. The lowest BCUT2D eigenvalue weighted by atomic mass is 10.00. The molecule has 1 nitrogen and oxygen atoms in total. The van der Waals surface area contributed by atoms with Crippen molar-refractivity contribution in [2.75, 3.05) is 0 Å². The summed E-state index contributed by atoms with van der Waals surface area (Å²) in [4.78, 5) is 11.7. The van der Waals surface area contributed by atoms with E-state index in [4.69, 9.17) is 11.6 Å². The molecule has 2 aromatic rings. The summed E-state index contributed by atoms with van der Waals surface area (Å²) in [7, 11) is 0. The van der Waals surface area contributed by atoms with Crippen molar-refractivity contribution in [2.24, 2.45) is 0 Å². The second kappa shape index (κ2) is 4.21. The Morgan fingerprint density at radius 1 is 1.00 bits per heavy atom. The summed E-state index contributed by atoms with van der Waals surface area (Å²) in [6.45, 7) is 0. The van der Waals surface area contributed by atoms with Crippen molar-refractivity contribution in [3.63, 3.8) is 0 Å². The summed E-state index contributed by atoms with van der Waals surface area (Å²) in [6, 6.07) is 10.1. The molecule has 18 heavy (non-hydrogen) atoms. The second-order valence-corrected chi connectivity index (χ2v) is 4.86. The summed E-state index contributed by atoms with van der Waals surface area (Å²) in [5.41, 5.74) is 2.97. The molecule has 0 radical (unpaired) electrons. The van der Waals surface area contributed by atoms with E-state index in [1.165, 1.54) is 6.07 Å². The Hall–Kier alpha value is -1.67. The number of fused-ring (bicyclic) bond motifs is 1. The Balaban J connectivity index is 2.13. The predicted molar refractivity (Wildman–Crippen MR) is 69.5 cm³/mol. The van der Waals surface area contributed by atoms with Gasteiger partial charge < -0.3 is 0 Å². The molecule has 0 atom stereocenters. The molecule has 1 aliphatic carbocycles. The van der Waals surface area contributed by atoms with Crippen molar-refractivity contribution >= 4 is 17.4 Å². The van der Waals surface area contributed by atoms with E-state index in [0.29, 0.717) is 17.0 Å². The third-order valence-corrected chi connectivity index (χ3v) is 3.51. The van der Waals surface area contributed by atoms with Gasteiger partial charge in [0.1, 0.15) is 5.82 Å². The molecule has 0 heterocycles. The zero-order chi connectivity index (χ0) is 12.7. The van der Waals surface area contributed by atoms with Crippen LogP contribution in [-0.2, 0) is 6.42 Å². The number of Topliss-reactive ketones (excluding diaryl/α,β-unsaturated/α-hetero) is 1. The molecule has 0 unspecified atom stereocenters. The molecule has 1 aliphatic rings. The molecule has 3 heteroatoms. The first kappa shape index (κ1) is 11.4. The number of aryl methyl sites for hydroxylation is 1. The minimum absolute atomic E-state index is 0.140. The average molecular weight is 261 g/mol. The van der Waals surface area contributed by atoms with Gasteiger partial charge in [-0.05, 0) is 41.8 Å². The van der Waals surface area contributed by atoms with Crippen molar-refractivity contribution in [3.8, 4) is 11.1 Å². The maximum absolute atomic E-state index is 13.8. The third kappa shape index (κ3) is 1.83. The first-order valence-electron chi connectivity index (χ1n) is 5.77. The molecule has 0 aromatic heterocycles. The van der Waals surface area contributed by atoms with Crippen molar-refractivity contribution in [1.82, 2.24) is 0 Å². The highest BCUT2D eigenvalue weighted by molar-refractivity contribution is 6.30. The van der Waals surface area contributed by atoms with Crippen LogP contribution in [0.2, 0.25) is 5.02 Å². The highest BCUT2D eigenvalue weighted by Gasteiger charge is 2.20. The smallest absolute Gasteiger partial charge is 0.163 e. The van der Waals surface area contributed by atoms with Crippen LogP contribution in [0.25, 0.3) is 11.1 Å². The lowest BCUT2D eigenvalue weighted by molar-refractivity contribution is 0.0994. The molecule has 0 bridgehead atoms. The van der Waals surface area contributed by atoms with Gasteiger partial charge in [0, 0.05) is 22.6 Å². The first-order valence-corrected chi connectivity index (χ1v) is 6.14. The van der Waals surface area contributed by atoms with E-state index in [-0.39, 0.29) is 11.6 Å². The number of rotatable bonds is 1. The van der Waals surface area contributed by atoms with Crippen LogP contribution in [0, 0.1) is 5.82 Å². The van der Waals surface area contributed by atoms with Crippen LogP contribution in [0.1, 0.15) is 22.3 Å². The van der Waals surface area contributed by atoms with E-state index in [9.17, 15) is 9.18 Å². The van der Waals surface area contributed by atoms with Crippen LogP contribution in [-0.4, -0.2) is 5.78 Å². The number of hydrogen-bond donors (Lipinski definition) is 0. The lowest BCUT2D eigenvalue weighted by Gasteiger charge is -2.06. The maximum atomic E-state index is 13.8. The van der Waals surface area contributed by atoms with Crippen LogP contribution in [0.15, 0.2) is 36.4 Å². The molecular formula is C15H10ClFO. The third-order valence-electron chi connectivity index (χ3n) is 3.27. The molecule has 0 saturated heterocycles. The van der Waals surface area contributed by atoms with Crippen molar-refractivity contribution < 1.29 is 9.18 Å². The van der Waals surface area contributed by atoms with E-state index >= 15 is 0 Å². The fraction of sp³-hybridized carbons (Fsp3) is 0.133. The normalized spacial score (nSPS) is 13.8. The number of carbonyl (C=O) groups is 1. The van der Waals surface area contributed by atoms with Gasteiger partial charge in [0.05, 0.1) is 0 Å². The minimum atomic E-state index is -0.368. The summed E-state index contributed by atoms with van der Waals surface area (Å²) >= 11 is 5.73. The molecule has 90 valence electrons. The van der Waals surface area contributed by atoms with Gasteiger partial charge >= 0.3 is 0 Å². The van der Waals surface area contributed by atoms with Gasteiger partial charge in [0.15, 0.2) is 5.78 Å². The number of carbonyl (C=O) groups excluding carboxylic acids is 1. The zero-order valence-electron chi connectivity index (χ0n) is 9.54. The second-order valence-electron chi connectivity index (χ2n) is 4.42. The van der Waals surface area contributed by atoms with Gasteiger partial charge in [-0.3, -0.25) is 4.79 Å². The fourth-order valence-electron chi connectivity index (χ4n) is 2.33. The van der Waals surface area contributed by atoms with Crippen LogP contribution in [0.3, 0.4) is 0 Å². The highest BCUT2D eigenvalue weighted by Crippen LogP contribution is 2.30. The van der Waals surface area contributed by atoms with Gasteiger partial charge in [-0.2, -0.15) is 0 Å². The number of ketones is 1. The predicted octanol–water partition coefficient (Wildman–Crippen LogP) is 4.28. The molecular weight excluding hydrogens is 251 g/mol. The molecule has 0 saturated carbocycles. The summed E-state index contributed by atoms with van der Waals surface area (Å²) in [5.74, 6) is -0.228. The maximum Gasteiger partial charge on any atom is 0.163 e. The molecule has 0 amide bonds. The zero-order valence-corrected chi connectivity index (χ0v) is 10.3. The fourth-order valence-corrected chi connectivity index (χ4v) is 2.49. The van der Waals surface area contributed by atoms with Crippen LogP contribution < -0.4 is 0 Å². The van der Waals surface area contributed by atoms with Gasteiger partial charge in [-0.15, -0.1) is 0 Å². The van der Waals surface area contributed by atoms with E-state index < -0.39 is 0 Å². The van der Waals surface area contributed by atoms with Crippen molar-refractivity contribution in [1.29, 1.82) is 0 Å². The Kier molecular flexibility index (Phi) is 2.67. The van der Waals surface area contributed by atoms with E-state index in [2.05, 4.69) is 0 Å². The summed E-state index contributed by atoms with van der Waals surface area (Å²) < 4.78 is 13.8. The first-order chi connectivity index (χ1) is 8.65. The Bertz CT molecular complexity index is 649. The average Bonchev–Trinajstić information content (AvgIpc) is 2.71. The van der Waals surface area contributed by atoms with Crippen molar-refractivity contribution in [3.05, 3.63) is 58.4 Å². The molecule has 0 aliphatic heterocycles. The van der Waals surface area contributed by atoms with Gasteiger partial charge in [0.25, 0.3) is 0 Å². The summed E-state index contributed by atoms with van der Waals surface area (Å²) in [5, 5.41) is 0.369. The molecule has 2 aromatic carbocycles. The SMILES string of the molecule is O=C1CCc2ccc(-c3ccc(Cl)cc3F)cc21. The van der Waals surface area contributed by atoms with Gasteiger partial charge in [0.2, 0.25) is 0 Å². The lowest BCUT2D eigenvalue weighted by Crippen LogP contribution is -1.92. The number of halogens is 2. The summed E-state index contributed by atoms with van der Waals surface area (Å²) in [6.07, 6.45) is 1.35. The number of benzene rings is 2. The molecule has 0 fully saturated rings. The Morgan fingerprint density at radius 2 is 1.83 bits per heavy atom. The Morgan fingerprint density at radius 3 is 2.61 bits per heavy atom. The highest BCUT2D eigenvalue weighted by atomic mass is 35.5. The standard InChI is InChI=1S/C15H10ClFO/c16-11-4-5-12(14(17)8-11)10-2-1-9-3-6-15(18)13(9)7-10/h1-2,4-5,7-8H,3,6H2. The number of hydrogen-bond acceptors (Lipinski definition) is 1. The van der Waals surface area contributed by atoms with Crippen molar-refractivity contribution in [2.45, 2.75) is 12.8 Å². The topological polar surface area (TPSA) is 17.1 Å². The van der Waals surface area contributed by atoms with Crippen LogP contribution in [0.4, 0.5) is 4.39 Å². The monoisotopic (exact) mass is 260 g/mol. The van der Waals surface area contributed by atoms with E-state index in [0.717, 1.165) is 23.1 Å². The quantitative estimate of drug-likeness (QED) is 0.748. The molecule has 3 rings (SSSR count). The van der Waals surface area contributed by atoms with E-state index in [1.54, 1.807) is 18.2 Å². The van der Waals surface area contributed by atoms with Crippen LogP contribution in [0.5, 0.6) is 0 Å². The largest absolute Gasteiger partial charge is 0.294 e.